The first-order valence-electron chi connectivity index (χ1n) is 8.83. The molecule has 0 bridgehead atoms. The van der Waals surface area contributed by atoms with Crippen molar-refractivity contribution in [3.8, 4) is 16.5 Å². The highest BCUT2D eigenvalue weighted by molar-refractivity contribution is 7.19. The van der Waals surface area contributed by atoms with E-state index < -0.39 is 12.5 Å². The molecule has 31 heavy (non-hydrogen) atoms. The van der Waals surface area contributed by atoms with Crippen LogP contribution in [0.5, 0.6) is 5.75 Å². The van der Waals surface area contributed by atoms with Crippen LogP contribution in [0.25, 0.3) is 10.7 Å². The monoisotopic (exact) mass is 465 g/mol. The number of alkyl halides is 2. The smallest absolute Gasteiger partial charge is 0.320 e. The Morgan fingerprint density at radius 1 is 1.26 bits per heavy atom. The van der Waals surface area contributed by atoms with Gasteiger partial charge in [-0.05, 0) is 31.2 Å². The molecule has 0 aliphatic carbocycles. The number of anilines is 1. The number of nitrogens with one attached hydrogen (secondary N) is 1. The van der Waals surface area contributed by atoms with Crippen molar-refractivity contribution in [1.82, 2.24) is 19.5 Å². The summed E-state index contributed by atoms with van der Waals surface area (Å²) in [5.74, 6) is -0.281. The van der Waals surface area contributed by atoms with Crippen molar-refractivity contribution in [2.75, 3.05) is 5.32 Å². The minimum Gasteiger partial charge on any atom is -0.486 e. The summed E-state index contributed by atoms with van der Waals surface area (Å²) in [5.41, 5.74) is 0.645. The molecule has 0 spiro atoms. The molecule has 4 rings (SSSR count). The molecule has 0 saturated carbocycles. The summed E-state index contributed by atoms with van der Waals surface area (Å²) < 4.78 is 45.4. The topological polar surface area (TPSA) is 81.9 Å². The van der Waals surface area contributed by atoms with Crippen molar-refractivity contribution in [2.45, 2.75) is 20.1 Å². The molecular weight excluding hydrogens is 451 g/mol. The van der Waals surface area contributed by atoms with Gasteiger partial charge in [0.15, 0.2) is 11.0 Å². The van der Waals surface area contributed by atoms with E-state index in [4.69, 9.17) is 4.74 Å². The lowest BCUT2D eigenvalue weighted by molar-refractivity contribution is 0.0720. The largest absolute Gasteiger partial charge is 0.486 e. The van der Waals surface area contributed by atoms with Crippen molar-refractivity contribution in [3.63, 3.8) is 0 Å². The van der Waals surface area contributed by atoms with Gasteiger partial charge in [-0.25, -0.2) is 19.3 Å². The Balaban J connectivity index is 1.42. The molecule has 0 fully saturated rings. The third-order valence-electron chi connectivity index (χ3n) is 4.06. The zero-order valence-electron chi connectivity index (χ0n) is 15.9. The number of carbonyl (C=O) groups excluding carboxylic acids is 1. The van der Waals surface area contributed by atoms with E-state index in [9.17, 15) is 18.0 Å². The van der Waals surface area contributed by atoms with Crippen LogP contribution in [0.4, 0.5) is 18.3 Å². The number of aromatic nitrogens is 4. The summed E-state index contributed by atoms with van der Waals surface area (Å²) in [6.45, 7) is -0.956. The molecule has 0 aliphatic rings. The molecule has 0 atom stereocenters. The lowest BCUT2D eigenvalue weighted by atomic mass is 10.3. The summed E-state index contributed by atoms with van der Waals surface area (Å²) in [4.78, 5) is 25.4. The van der Waals surface area contributed by atoms with Crippen LogP contribution in [0.1, 0.15) is 27.7 Å². The van der Waals surface area contributed by atoms with E-state index in [0.29, 0.717) is 21.3 Å². The number of nitrogens with zero attached hydrogens (tertiary/aromatic N) is 4. The third kappa shape index (κ3) is 4.75. The average Bonchev–Trinajstić information content (AvgIpc) is 3.47. The highest BCUT2D eigenvalue weighted by Gasteiger charge is 2.20. The van der Waals surface area contributed by atoms with E-state index in [2.05, 4.69) is 20.3 Å². The highest BCUT2D eigenvalue weighted by Crippen LogP contribution is 2.33. The predicted molar refractivity (Wildman–Crippen MR) is 110 cm³/mol. The van der Waals surface area contributed by atoms with Crippen LogP contribution in [0.15, 0.2) is 42.0 Å². The lowest BCUT2D eigenvalue weighted by Gasteiger charge is -2.04. The van der Waals surface area contributed by atoms with Gasteiger partial charge in [0.25, 0.3) is 5.91 Å². The quantitative estimate of drug-likeness (QED) is 0.409. The minimum atomic E-state index is -2.73. The molecular formula is C19H14F3N5O2S2. The fourth-order valence-electron chi connectivity index (χ4n) is 2.62. The van der Waals surface area contributed by atoms with Crippen molar-refractivity contribution in [3.05, 3.63) is 64.3 Å². The van der Waals surface area contributed by atoms with Crippen LogP contribution < -0.4 is 10.1 Å². The highest BCUT2D eigenvalue weighted by atomic mass is 32.1. The van der Waals surface area contributed by atoms with Gasteiger partial charge in [-0.1, -0.05) is 11.3 Å². The first-order chi connectivity index (χ1) is 14.9. The number of amides is 1. The Hall–Kier alpha value is -3.25. The van der Waals surface area contributed by atoms with E-state index in [1.54, 1.807) is 12.3 Å². The third-order valence-corrected chi connectivity index (χ3v) is 5.95. The Labute approximate surface area is 182 Å². The molecule has 0 saturated heterocycles. The van der Waals surface area contributed by atoms with Gasteiger partial charge < -0.3 is 4.74 Å². The molecule has 1 N–H and O–H groups in total. The number of imidazole rings is 1. The zero-order chi connectivity index (χ0) is 22.0. The molecule has 7 nitrogen and oxygen atoms in total. The van der Waals surface area contributed by atoms with Crippen LogP contribution in [0, 0.1) is 12.7 Å². The summed E-state index contributed by atoms with van der Waals surface area (Å²) in [6.07, 6.45) is 2.46. The molecule has 3 aromatic heterocycles. The fraction of sp³-hybridized carbons (Fsp3) is 0.158. The maximum atomic E-state index is 13.1. The van der Waals surface area contributed by atoms with Crippen LogP contribution in [0.2, 0.25) is 0 Å². The Morgan fingerprint density at radius 3 is 2.77 bits per heavy atom. The number of rotatable bonds is 7. The second kappa shape index (κ2) is 8.86. The van der Waals surface area contributed by atoms with Crippen LogP contribution in [0.3, 0.4) is 0 Å². The molecule has 0 unspecified atom stereocenters. The first-order valence-corrected chi connectivity index (χ1v) is 10.5. The SMILES string of the molecule is Cc1nc(NC(=O)c2csc(COc3ccc(F)cc3)n2)sc1-c1nccn1C(F)F. The van der Waals surface area contributed by atoms with Crippen molar-refractivity contribution < 1.29 is 22.7 Å². The summed E-state index contributed by atoms with van der Waals surface area (Å²) in [7, 11) is 0. The number of benzene rings is 1. The zero-order valence-corrected chi connectivity index (χ0v) is 17.5. The molecule has 1 amide bonds. The lowest BCUT2D eigenvalue weighted by Crippen LogP contribution is -2.12. The average molecular weight is 465 g/mol. The van der Waals surface area contributed by atoms with Gasteiger partial charge in [0, 0.05) is 17.8 Å². The Kier molecular flexibility index (Phi) is 6.00. The number of hydrogen-bond acceptors (Lipinski definition) is 7. The van der Waals surface area contributed by atoms with Gasteiger partial charge >= 0.3 is 6.55 Å². The molecule has 0 radical (unpaired) electrons. The van der Waals surface area contributed by atoms with Crippen molar-refractivity contribution in [1.29, 1.82) is 0 Å². The summed E-state index contributed by atoms with van der Waals surface area (Å²) in [6, 6.07) is 5.57. The molecule has 1 aromatic carbocycles. The van der Waals surface area contributed by atoms with Crippen LogP contribution >= 0.6 is 22.7 Å². The minimum absolute atomic E-state index is 0.0828. The molecule has 3 heterocycles. The summed E-state index contributed by atoms with van der Waals surface area (Å²) in [5, 5.41) is 5.01. The summed E-state index contributed by atoms with van der Waals surface area (Å²) >= 11 is 2.29. The molecule has 0 aliphatic heterocycles. The Morgan fingerprint density at radius 2 is 2.03 bits per heavy atom. The normalized spacial score (nSPS) is 11.1. The van der Waals surface area contributed by atoms with E-state index in [0.717, 1.165) is 15.9 Å². The van der Waals surface area contributed by atoms with Gasteiger partial charge in [0.2, 0.25) is 0 Å². The molecule has 160 valence electrons. The number of thiazole rings is 2. The number of hydrogen-bond donors (Lipinski definition) is 1. The standard InChI is InChI=1S/C19H14F3N5O2S2/c1-10-15(16-23-6-7-27(16)18(21)22)31-19(24-10)26-17(28)13-9-30-14(25-13)8-29-12-4-2-11(20)3-5-12/h2-7,9,18H,8H2,1H3,(H,24,26,28). The maximum absolute atomic E-state index is 13.1. The van der Waals surface area contributed by atoms with Crippen molar-refractivity contribution >= 4 is 33.7 Å². The molecule has 4 aromatic rings. The number of carbonyl (C=O) groups is 1. The van der Waals surface area contributed by atoms with Gasteiger partial charge in [-0.2, -0.15) is 8.78 Å². The van der Waals surface area contributed by atoms with Crippen LogP contribution in [-0.2, 0) is 6.61 Å². The maximum Gasteiger partial charge on any atom is 0.320 e. The predicted octanol–water partition coefficient (Wildman–Crippen LogP) is 5.14. The van der Waals surface area contributed by atoms with Crippen LogP contribution in [-0.4, -0.2) is 25.4 Å². The second-order valence-corrected chi connectivity index (χ2v) is 8.13. The van der Waals surface area contributed by atoms with E-state index in [1.165, 1.54) is 48.0 Å². The number of ether oxygens (including phenoxy) is 1. The van der Waals surface area contributed by atoms with Gasteiger partial charge in [-0.15, -0.1) is 11.3 Å². The van der Waals surface area contributed by atoms with Gasteiger partial charge in [-0.3, -0.25) is 14.7 Å². The molecule has 12 heteroatoms. The van der Waals surface area contributed by atoms with E-state index in [1.807, 2.05) is 0 Å². The Bertz CT molecular complexity index is 1200. The number of aryl methyl sites for hydroxylation is 1. The van der Waals surface area contributed by atoms with Gasteiger partial charge in [0.05, 0.1) is 10.6 Å². The number of halogens is 3. The van der Waals surface area contributed by atoms with Crippen molar-refractivity contribution in [2.24, 2.45) is 0 Å². The van der Waals surface area contributed by atoms with E-state index in [-0.39, 0.29) is 29.1 Å². The fourth-order valence-corrected chi connectivity index (χ4v) is 4.27. The second-order valence-electron chi connectivity index (χ2n) is 6.19. The van der Waals surface area contributed by atoms with E-state index >= 15 is 0 Å². The first kappa shape index (κ1) is 21.0. The van der Waals surface area contributed by atoms with Gasteiger partial charge in [0.1, 0.15) is 28.9 Å².